The molecule has 1 N–H and O–H groups in total. The van der Waals surface area contributed by atoms with Crippen molar-refractivity contribution < 1.29 is 9.66 Å². The SMILES string of the molecule is C[C@@H](NCCOc1ccc([N+](=O)[O-])cc1)c1ccccc1. The van der Waals surface area contributed by atoms with Crippen LogP contribution in [-0.4, -0.2) is 18.1 Å². The summed E-state index contributed by atoms with van der Waals surface area (Å²) in [7, 11) is 0. The molecule has 0 aliphatic rings. The smallest absolute Gasteiger partial charge is 0.269 e. The van der Waals surface area contributed by atoms with Crippen molar-refractivity contribution in [1.29, 1.82) is 0 Å². The lowest BCUT2D eigenvalue weighted by Crippen LogP contribution is -2.24. The summed E-state index contributed by atoms with van der Waals surface area (Å²) in [6, 6.07) is 16.5. The van der Waals surface area contributed by atoms with Crippen molar-refractivity contribution >= 4 is 5.69 Å². The summed E-state index contributed by atoms with van der Waals surface area (Å²) < 4.78 is 5.54. The lowest BCUT2D eigenvalue weighted by Gasteiger charge is -2.14. The van der Waals surface area contributed by atoms with Crippen LogP contribution in [0.3, 0.4) is 0 Å². The van der Waals surface area contributed by atoms with E-state index in [4.69, 9.17) is 4.74 Å². The van der Waals surface area contributed by atoms with Gasteiger partial charge in [-0.1, -0.05) is 30.3 Å². The maximum absolute atomic E-state index is 10.5. The van der Waals surface area contributed by atoms with Crippen molar-refractivity contribution in [3.8, 4) is 5.75 Å². The van der Waals surface area contributed by atoms with Crippen LogP contribution in [0.15, 0.2) is 54.6 Å². The molecule has 0 aromatic heterocycles. The van der Waals surface area contributed by atoms with Gasteiger partial charge in [-0.05, 0) is 24.6 Å². The number of nitro groups is 1. The van der Waals surface area contributed by atoms with Crippen LogP contribution in [0.5, 0.6) is 5.75 Å². The molecule has 0 saturated carbocycles. The molecule has 1 atom stereocenters. The van der Waals surface area contributed by atoms with Crippen LogP contribution in [0.25, 0.3) is 0 Å². The monoisotopic (exact) mass is 286 g/mol. The molecule has 0 spiro atoms. The summed E-state index contributed by atoms with van der Waals surface area (Å²) in [5, 5.41) is 13.9. The number of hydrogen-bond acceptors (Lipinski definition) is 4. The lowest BCUT2D eigenvalue weighted by molar-refractivity contribution is -0.384. The van der Waals surface area contributed by atoms with Crippen molar-refractivity contribution in [2.24, 2.45) is 0 Å². The molecule has 0 unspecified atom stereocenters. The molecule has 2 aromatic rings. The molecule has 5 heteroatoms. The molecule has 0 aliphatic heterocycles. The number of nitrogens with zero attached hydrogens (tertiary/aromatic N) is 1. The molecule has 110 valence electrons. The molecule has 0 fully saturated rings. The Morgan fingerprint density at radius 1 is 1.14 bits per heavy atom. The molecule has 2 rings (SSSR count). The Morgan fingerprint density at radius 2 is 1.81 bits per heavy atom. The van der Waals surface area contributed by atoms with Crippen LogP contribution in [0, 0.1) is 10.1 Å². The van der Waals surface area contributed by atoms with Gasteiger partial charge < -0.3 is 10.1 Å². The Morgan fingerprint density at radius 3 is 2.43 bits per heavy atom. The highest BCUT2D eigenvalue weighted by Gasteiger charge is 2.05. The Labute approximate surface area is 123 Å². The standard InChI is InChI=1S/C16H18N2O3/c1-13(14-5-3-2-4-6-14)17-11-12-21-16-9-7-15(8-10-16)18(19)20/h2-10,13,17H,11-12H2,1H3/t13-/m1/s1. The van der Waals surface area contributed by atoms with Gasteiger partial charge in [-0.15, -0.1) is 0 Å². The average molecular weight is 286 g/mol. The fraction of sp³-hybridized carbons (Fsp3) is 0.250. The van der Waals surface area contributed by atoms with Crippen molar-refractivity contribution in [1.82, 2.24) is 5.32 Å². The van der Waals surface area contributed by atoms with Crippen molar-refractivity contribution in [2.45, 2.75) is 13.0 Å². The first kappa shape index (κ1) is 15.0. The fourth-order valence-corrected chi connectivity index (χ4v) is 1.97. The number of ether oxygens (including phenoxy) is 1. The molecule has 0 radical (unpaired) electrons. The first-order valence-electron chi connectivity index (χ1n) is 6.82. The summed E-state index contributed by atoms with van der Waals surface area (Å²) in [4.78, 5) is 10.1. The number of non-ortho nitro benzene ring substituents is 1. The summed E-state index contributed by atoms with van der Waals surface area (Å²) in [5.74, 6) is 0.634. The van der Waals surface area contributed by atoms with Gasteiger partial charge in [-0.3, -0.25) is 10.1 Å². The summed E-state index contributed by atoms with van der Waals surface area (Å²) >= 11 is 0. The third-order valence-corrected chi connectivity index (χ3v) is 3.17. The van der Waals surface area contributed by atoms with Crippen LogP contribution in [-0.2, 0) is 0 Å². The Balaban J connectivity index is 1.73. The molecule has 0 heterocycles. The molecule has 0 aliphatic carbocycles. The maximum Gasteiger partial charge on any atom is 0.269 e. The van der Waals surface area contributed by atoms with Crippen molar-refractivity contribution in [2.75, 3.05) is 13.2 Å². The van der Waals surface area contributed by atoms with Gasteiger partial charge in [0.15, 0.2) is 0 Å². The van der Waals surface area contributed by atoms with Gasteiger partial charge in [-0.25, -0.2) is 0 Å². The maximum atomic E-state index is 10.5. The minimum absolute atomic E-state index is 0.0678. The van der Waals surface area contributed by atoms with E-state index in [1.54, 1.807) is 12.1 Å². The zero-order chi connectivity index (χ0) is 15.1. The number of nitro benzene ring substituents is 1. The molecular formula is C16H18N2O3. The summed E-state index contributed by atoms with van der Waals surface area (Å²) in [6.45, 7) is 3.31. The predicted octanol–water partition coefficient (Wildman–Crippen LogP) is 3.32. The quantitative estimate of drug-likeness (QED) is 0.482. The third-order valence-electron chi connectivity index (χ3n) is 3.17. The number of benzene rings is 2. The number of rotatable bonds is 7. The van der Waals surface area contributed by atoms with Crippen molar-refractivity contribution in [3.05, 3.63) is 70.3 Å². The summed E-state index contributed by atoms with van der Waals surface area (Å²) in [5.41, 5.74) is 1.30. The van der Waals surface area contributed by atoms with E-state index < -0.39 is 4.92 Å². The minimum atomic E-state index is -0.424. The van der Waals surface area contributed by atoms with E-state index in [0.717, 1.165) is 0 Å². The lowest BCUT2D eigenvalue weighted by atomic mass is 10.1. The highest BCUT2D eigenvalue weighted by molar-refractivity contribution is 5.35. The highest BCUT2D eigenvalue weighted by Crippen LogP contribution is 2.17. The fourth-order valence-electron chi connectivity index (χ4n) is 1.97. The zero-order valence-electron chi connectivity index (χ0n) is 11.9. The normalized spacial score (nSPS) is 11.9. The topological polar surface area (TPSA) is 64.4 Å². The molecular weight excluding hydrogens is 268 g/mol. The highest BCUT2D eigenvalue weighted by atomic mass is 16.6. The second-order valence-corrected chi connectivity index (χ2v) is 4.69. The van der Waals surface area contributed by atoms with Crippen LogP contribution in [0.1, 0.15) is 18.5 Å². The van der Waals surface area contributed by atoms with E-state index in [-0.39, 0.29) is 11.7 Å². The molecule has 0 amide bonds. The van der Waals surface area contributed by atoms with Gasteiger partial charge in [0.2, 0.25) is 0 Å². The van der Waals surface area contributed by atoms with Gasteiger partial charge in [0.1, 0.15) is 12.4 Å². The first-order chi connectivity index (χ1) is 10.2. The van der Waals surface area contributed by atoms with Crippen LogP contribution in [0.4, 0.5) is 5.69 Å². The Hall–Kier alpha value is -2.40. The molecule has 0 saturated heterocycles. The van der Waals surface area contributed by atoms with Crippen molar-refractivity contribution in [3.63, 3.8) is 0 Å². The van der Waals surface area contributed by atoms with Gasteiger partial charge in [0, 0.05) is 24.7 Å². The van der Waals surface area contributed by atoms with E-state index in [1.807, 2.05) is 18.2 Å². The second kappa shape index (κ2) is 7.40. The number of nitrogens with one attached hydrogen (secondary N) is 1. The van der Waals surface area contributed by atoms with Gasteiger partial charge in [-0.2, -0.15) is 0 Å². The van der Waals surface area contributed by atoms with Crippen LogP contribution in [0.2, 0.25) is 0 Å². The largest absolute Gasteiger partial charge is 0.492 e. The predicted molar refractivity (Wildman–Crippen MR) is 81.5 cm³/mol. The van der Waals surface area contributed by atoms with Gasteiger partial charge >= 0.3 is 0 Å². The summed E-state index contributed by atoms with van der Waals surface area (Å²) in [6.07, 6.45) is 0. The molecule has 5 nitrogen and oxygen atoms in total. The first-order valence-corrected chi connectivity index (χ1v) is 6.82. The van der Waals surface area contributed by atoms with Gasteiger partial charge in [0.25, 0.3) is 5.69 Å². The minimum Gasteiger partial charge on any atom is -0.492 e. The van der Waals surface area contributed by atoms with Crippen LogP contribution >= 0.6 is 0 Å². The van der Waals surface area contributed by atoms with Crippen LogP contribution < -0.4 is 10.1 Å². The zero-order valence-corrected chi connectivity index (χ0v) is 11.9. The second-order valence-electron chi connectivity index (χ2n) is 4.69. The molecule has 0 bridgehead atoms. The molecule has 21 heavy (non-hydrogen) atoms. The van der Waals surface area contributed by atoms with E-state index >= 15 is 0 Å². The van der Waals surface area contributed by atoms with Gasteiger partial charge in [0.05, 0.1) is 4.92 Å². The van der Waals surface area contributed by atoms with E-state index in [2.05, 4.69) is 24.4 Å². The Bertz CT molecular complexity index is 570. The van der Waals surface area contributed by atoms with E-state index in [1.165, 1.54) is 17.7 Å². The third kappa shape index (κ3) is 4.57. The Kier molecular flexibility index (Phi) is 5.29. The average Bonchev–Trinajstić information content (AvgIpc) is 2.52. The van der Waals surface area contributed by atoms with E-state index in [9.17, 15) is 10.1 Å². The molecule has 2 aromatic carbocycles. The number of hydrogen-bond donors (Lipinski definition) is 1. The van der Waals surface area contributed by atoms with E-state index in [0.29, 0.717) is 18.9 Å².